The number of methoxy groups -OCH3 is 1. The van der Waals surface area contributed by atoms with Gasteiger partial charge in [0.2, 0.25) is 11.8 Å². The molecule has 2 aromatic rings. The monoisotopic (exact) mass is 428 g/mol. The van der Waals surface area contributed by atoms with Crippen molar-refractivity contribution in [2.24, 2.45) is 0 Å². The molecule has 0 fully saturated rings. The number of hydrogen-bond donors (Lipinski definition) is 1. The minimum atomic E-state index is -0.473. The Morgan fingerprint density at radius 3 is 2.40 bits per heavy atom. The highest BCUT2D eigenvalue weighted by Gasteiger charge is 2.28. The van der Waals surface area contributed by atoms with Gasteiger partial charge < -0.3 is 15.0 Å². The van der Waals surface area contributed by atoms with E-state index in [2.05, 4.69) is 5.32 Å². The molecule has 2 aromatic carbocycles. The zero-order valence-electron chi connectivity index (χ0n) is 18.3. The van der Waals surface area contributed by atoms with Gasteiger partial charge in [0.05, 0.1) is 12.9 Å². The topological polar surface area (TPSA) is 58.6 Å². The van der Waals surface area contributed by atoms with Gasteiger partial charge in [0.1, 0.15) is 11.8 Å². The maximum Gasteiger partial charge on any atom is 0.242 e. The van der Waals surface area contributed by atoms with E-state index in [1.165, 1.54) is 0 Å². The van der Waals surface area contributed by atoms with Crippen LogP contribution < -0.4 is 10.1 Å². The molecular weight excluding hydrogens is 396 g/mol. The molecule has 0 bridgehead atoms. The second kappa shape index (κ2) is 12.3. The molecule has 1 atom stereocenters. The SMILES string of the molecule is CCNC(=O)[C@@H](CC)N(Cc1ccccc1C)C(=O)CSCc1ccc(OC)cc1. The third-order valence-corrected chi connectivity index (χ3v) is 5.98. The van der Waals surface area contributed by atoms with E-state index in [0.29, 0.717) is 25.3 Å². The second-order valence-electron chi connectivity index (χ2n) is 7.11. The van der Waals surface area contributed by atoms with E-state index in [-0.39, 0.29) is 11.8 Å². The molecule has 6 heteroatoms. The Morgan fingerprint density at radius 2 is 1.80 bits per heavy atom. The van der Waals surface area contributed by atoms with Crippen molar-refractivity contribution < 1.29 is 14.3 Å². The van der Waals surface area contributed by atoms with Crippen LogP contribution in [0.25, 0.3) is 0 Å². The van der Waals surface area contributed by atoms with E-state index in [1.54, 1.807) is 23.8 Å². The number of carbonyl (C=O) groups is 2. The highest BCUT2D eigenvalue weighted by Crippen LogP contribution is 2.20. The van der Waals surface area contributed by atoms with Crippen molar-refractivity contribution in [2.75, 3.05) is 19.4 Å². The zero-order valence-corrected chi connectivity index (χ0v) is 19.1. The van der Waals surface area contributed by atoms with Crippen molar-refractivity contribution in [3.63, 3.8) is 0 Å². The Bertz CT molecular complexity index is 823. The third kappa shape index (κ3) is 6.80. The molecule has 0 aliphatic rings. The van der Waals surface area contributed by atoms with Gasteiger partial charge in [-0.1, -0.05) is 43.3 Å². The first kappa shape index (κ1) is 23.8. The fourth-order valence-corrected chi connectivity index (χ4v) is 4.11. The lowest BCUT2D eigenvalue weighted by molar-refractivity contribution is -0.139. The number of nitrogens with one attached hydrogen (secondary N) is 1. The largest absolute Gasteiger partial charge is 0.497 e. The third-order valence-electron chi connectivity index (χ3n) is 4.99. The van der Waals surface area contributed by atoms with Crippen LogP contribution in [0.4, 0.5) is 0 Å². The number of amides is 2. The van der Waals surface area contributed by atoms with Gasteiger partial charge in [-0.25, -0.2) is 0 Å². The highest BCUT2D eigenvalue weighted by molar-refractivity contribution is 7.99. The molecule has 162 valence electrons. The fourth-order valence-electron chi connectivity index (χ4n) is 3.24. The van der Waals surface area contributed by atoms with Crippen LogP contribution in [0.2, 0.25) is 0 Å². The van der Waals surface area contributed by atoms with E-state index in [4.69, 9.17) is 4.74 Å². The van der Waals surface area contributed by atoms with Crippen LogP contribution in [0.3, 0.4) is 0 Å². The number of thioether (sulfide) groups is 1. The molecule has 0 heterocycles. The smallest absolute Gasteiger partial charge is 0.242 e. The number of nitrogens with zero attached hydrogens (tertiary/aromatic N) is 1. The maximum atomic E-state index is 13.2. The second-order valence-corrected chi connectivity index (χ2v) is 8.09. The van der Waals surface area contributed by atoms with E-state index in [9.17, 15) is 9.59 Å². The van der Waals surface area contributed by atoms with Crippen LogP contribution >= 0.6 is 11.8 Å². The minimum absolute atomic E-state index is 0.0186. The van der Waals surface area contributed by atoms with Crippen LogP contribution in [0.5, 0.6) is 5.75 Å². The average Bonchev–Trinajstić information content (AvgIpc) is 2.75. The summed E-state index contributed by atoms with van der Waals surface area (Å²) < 4.78 is 5.19. The van der Waals surface area contributed by atoms with Gasteiger partial charge in [0.15, 0.2) is 0 Å². The number of ether oxygens (including phenoxy) is 1. The van der Waals surface area contributed by atoms with Crippen molar-refractivity contribution in [1.82, 2.24) is 10.2 Å². The lowest BCUT2D eigenvalue weighted by atomic mass is 10.1. The number of hydrogen-bond acceptors (Lipinski definition) is 4. The summed E-state index contributed by atoms with van der Waals surface area (Å²) in [7, 11) is 1.64. The summed E-state index contributed by atoms with van der Waals surface area (Å²) in [5.74, 6) is 1.76. The predicted molar refractivity (Wildman–Crippen MR) is 124 cm³/mol. The van der Waals surface area contributed by atoms with Gasteiger partial charge in [0.25, 0.3) is 0 Å². The van der Waals surface area contributed by atoms with E-state index < -0.39 is 6.04 Å². The van der Waals surface area contributed by atoms with Gasteiger partial charge in [-0.2, -0.15) is 0 Å². The lowest BCUT2D eigenvalue weighted by Gasteiger charge is -2.31. The summed E-state index contributed by atoms with van der Waals surface area (Å²) in [6.45, 7) is 6.85. The first-order valence-electron chi connectivity index (χ1n) is 10.3. The number of carbonyl (C=O) groups excluding carboxylic acids is 2. The molecule has 0 spiro atoms. The quantitative estimate of drug-likeness (QED) is 0.583. The number of aryl methyl sites for hydroxylation is 1. The van der Waals surface area contributed by atoms with Crippen molar-refractivity contribution in [3.05, 3.63) is 65.2 Å². The molecule has 0 saturated heterocycles. The Kier molecular flexibility index (Phi) is 9.74. The normalized spacial score (nSPS) is 11.6. The Morgan fingerprint density at radius 1 is 1.10 bits per heavy atom. The first-order chi connectivity index (χ1) is 14.5. The molecule has 0 aromatic heterocycles. The van der Waals surface area contributed by atoms with Gasteiger partial charge in [-0.05, 0) is 49.1 Å². The van der Waals surface area contributed by atoms with Crippen molar-refractivity contribution in [3.8, 4) is 5.75 Å². The summed E-state index contributed by atoms with van der Waals surface area (Å²) in [6, 6.07) is 15.4. The standard InChI is InChI=1S/C24H32N2O3S/c1-5-22(24(28)25-6-2)26(15-20-10-8-7-9-18(20)3)23(27)17-30-16-19-11-13-21(29-4)14-12-19/h7-14,22H,5-6,15-17H2,1-4H3,(H,25,28)/t22-/m1/s1. The van der Waals surface area contributed by atoms with Crippen LogP contribution in [0.15, 0.2) is 48.5 Å². The molecule has 30 heavy (non-hydrogen) atoms. The molecule has 2 rings (SSSR count). The number of likely N-dealkylation sites (N-methyl/N-ethyl adjacent to an activating group) is 1. The molecule has 0 saturated carbocycles. The maximum absolute atomic E-state index is 13.2. The van der Waals surface area contributed by atoms with Crippen molar-refractivity contribution in [1.29, 1.82) is 0 Å². The van der Waals surface area contributed by atoms with Crippen LogP contribution in [0.1, 0.15) is 37.0 Å². The zero-order chi connectivity index (χ0) is 21.9. The van der Waals surface area contributed by atoms with Crippen molar-refractivity contribution >= 4 is 23.6 Å². The van der Waals surface area contributed by atoms with Crippen LogP contribution in [-0.2, 0) is 21.9 Å². The van der Waals surface area contributed by atoms with Gasteiger partial charge in [0, 0.05) is 18.8 Å². The summed E-state index contributed by atoms with van der Waals surface area (Å²) in [5, 5.41) is 2.87. The summed E-state index contributed by atoms with van der Waals surface area (Å²) in [6.07, 6.45) is 0.576. The van der Waals surface area contributed by atoms with E-state index in [1.807, 2.05) is 69.3 Å². The number of benzene rings is 2. The molecule has 5 nitrogen and oxygen atoms in total. The summed E-state index contributed by atoms with van der Waals surface area (Å²) >= 11 is 1.56. The summed E-state index contributed by atoms with van der Waals surface area (Å²) in [4.78, 5) is 27.5. The number of rotatable bonds is 11. The van der Waals surface area contributed by atoms with Crippen LogP contribution in [0, 0.1) is 6.92 Å². The minimum Gasteiger partial charge on any atom is -0.497 e. The van der Waals surface area contributed by atoms with E-state index >= 15 is 0 Å². The molecule has 2 amide bonds. The molecule has 0 aliphatic heterocycles. The molecule has 1 N–H and O–H groups in total. The van der Waals surface area contributed by atoms with E-state index in [0.717, 1.165) is 28.2 Å². The first-order valence-corrected chi connectivity index (χ1v) is 11.5. The molecular formula is C24H32N2O3S. The Labute approximate surface area is 184 Å². The predicted octanol–water partition coefficient (Wildman–Crippen LogP) is 4.18. The molecule has 0 aliphatic carbocycles. The van der Waals surface area contributed by atoms with Gasteiger partial charge in [-0.15, -0.1) is 11.8 Å². The Balaban J connectivity index is 2.10. The van der Waals surface area contributed by atoms with Gasteiger partial charge >= 0.3 is 0 Å². The van der Waals surface area contributed by atoms with Crippen LogP contribution in [-0.4, -0.2) is 42.2 Å². The Hall–Kier alpha value is -2.47. The lowest BCUT2D eigenvalue weighted by Crippen LogP contribution is -2.49. The van der Waals surface area contributed by atoms with Gasteiger partial charge in [-0.3, -0.25) is 9.59 Å². The van der Waals surface area contributed by atoms with Crippen molar-refractivity contribution in [2.45, 2.75) is 45.5 Å². The average molecular weight is 429 g/mol. The highest BCUT2D eigenvalue weighted by atomic mass is 32.2. The molecule has 0 radical (unpaired) electrons. The summed E-state index contributed by atoms with van der Waals surface area (Å²) in [5.41, 5.74) is 3.32. The fraction of sp³-hybridized carbons (Fsp3) is 0.417. The molecule has 0 unspecified atom stereocenters.